The van der Waals surface area contributed by atoms with Crippen LogP contribution in [0.3, 0.4) is 0 Å². The van der Waals surface area contributed by atoms with E-state index < -0.39 is 6.10 Å². The fourth-order valence-electron chi connectivity index (χ4n) is 3.00. The van der Waals surface area contributed by atoms with Crippen LogP contribution in [0.25, 0.3) is 0 Å². The molecular weight excluding hydrogens is 312 g/mol. The topological polar surface area (TPSA) is 20.2 Å². The molecule has 1 aliphatic carbocycles. The highest BCUT2D eigenvalue weighted by molar-refractivity contribution is 9.10. The smallest absolute Gasteiger partial charge is 0.0841 e. The van der Waals surface area contributed by atoms with Crippen molar-refractivity contribution in [3.8, 4) is 0 Å². The van der Waals surface area contributed by atoms with Gasteiger partial charge in [0.1, 0.15) is 0 Å². The molecule has 20 heavy (non-hydrogen) atoms. The molecule has 0 heterocycles. The second kappa shape index (κ2) is 5.71. The Hall–Kier alpha value is -1.12. The third-order valence-corrected chi connectivity index (χ3v) is 4.82. The number of aryl methyl sites for hydroxylation is 3. The van der Waals surface area contributed by atoms with Crippen molar-refractivity contribution in [1.82, 2.24) is 0 Å². The Morgan fingerprint density at radius 3 is 2.75 bits per heavy atom. The Kier molecular flexibility index (Phi) is 3.95. The fraction of sp³-hybridized carbons (Fsp3) is 0.333. The van der Waals surface area contributed by atoms with Gasteiger partial charge in [-0.1, -0.05) is 51.8 Å². The molecule has 2 heteroatoms. The van der Waals surface area contributed by atoms with E-state index in [1.807, 2.05) is 6.07 Å². The lowest BCUT2D eigenvalue weighted by molar-refractivity contribution is 0.177. The number of hydrogen-bond acceptors (Lipinski definition) is 1. The molecule has 1 aliphatic rings. The highest BCUT2D eigenvalue weighted by atomic mass is 79.9. The highest BCUT2D eigenvalue weighted by Gasteiger charge is 2.15. The molecule has 0 saturated carbocycles. The normalized spacial score (nSPS) is 15.2. The van der Waals surface area contributed by atoms with E-state index in [0.29, 0.717) is 6.42 Å². The van der Waals surface area contributed by atoms with E-state index in [9.17, 15) is 5.11 Å². The van der Waals surface area contributed by atoms with E-state index in [4.69, 9.17) is 0 Å². The van der Waals surface area contributed by atoms with Crippen LogP contribution in [-0.2, 0) is 19.3 Å². The number of aliphatic hydroxyl groups excluding tert-OH is 1. The zero-order chi connectivity index (χ0) is 14.1. The second-order valence-electron chi connectivity index (χ2n) is 5.70. The largest absolute Gasteiger partial charge is 0.388 e. The summed E-state index contributed by atoms with van der Waals surface area (Å²) in [6.07, 6.45) is 3.89. The summed E-state index contributed by atoms with van der Waals surface area (Å²) in [7, 11) is 0. The molecule has 3 rings (SSSR count). The third-order valence-electron chi connectivity index (χ3n) is 4.10. The molecule has 0 bridgehead atoms. The summed E-state index contributed by atoms with van der Waals surface area (Å²) < 4.78 is 0.983. The first-order chi connectivity index (χ1) is 9.63. The van der Waals surface area contributed by atoms with E-state index in [0.717, 1.165) is 10.0 Å². The number of benzene rings is 2. The number of fused-ring (bicyclic) bond motifs is 1. The minimum atomic E-state index is -0.455. The van der Waals surface area contributed by atoms with Crippen LogP contribution in [0.4, 0.5) is 0 Å². The number of hydrogen-bond donors (Lipinski definition) is 1. The van der Waals surface area contributed by atoms with Crippen LogP contribution in [0.2, 0.25) is 0 Å². The standard InChI is InChI=1S/C18H19BrO/c1-12-5-8-17(19)16(9-12)18(20)11-13-6-7-14-3-2-4-15(14)10-13/h5-10,18,20H,2-4,11H2,1H3. The van der Waals surface area contributed by atoms with Crippen molar-refractivity contribution in [2.45, 2.75) is 38.7 Å². The predicted octanol–water partition coefficient (Wildman–Crippen LogP) is 4.52. The van der Waals surface area contributed by atoms with Crippen LogP contribution < -0.4 is 0 Å². The summed E-state index contributed by atoms with van der Waals surface area (Å²) in [4.78, 5) is 0. The van der Waals surface area contributed by atoms with Crippen molar-refractivity contribution >= 4 is 15.9 Å². The molecule has 2 aromatic rings. The first-order valence-electron chi connectivity index (χ1n) is 7.18. The van der Waals surface area contributed by atoms with Gasteiger partial charge in [-0.25, -0.2) is 0 Å². The van der Waals surface area contributed by atoms with Crippen molar-refractivity contribution in [3.05, 3.63) is 68.7 Å². The van der Waals surface area contributed by atoms with Crippen molar-refractivity contribution in [2.75, 3.05) is 0 Å². The van der Waals surface area contributed by atoms with Gasteiger partial charge in [-0.3, -0.25) is 0 Å². The minimum absolute atomic E-state index is 0.455. The first kappa shape index (κ1) is 13.8. The summed E-state index contributed by atoms with van der Waals surface area (Å²) in [5.74, 6) is 0. The van der Waals surface area contributed by atoms with E-state index in [-0.39, 0.29) is 0 Å². The van der Waals surface area contributed by atoms with Gasteiger partial charge in [0, 0.05) is 10.9 Å². The zero-order valence-corrected chi connectivity index (χ0v) is 13.3. The molecule has 0 amide bonds. The van der Waals surface area contributed by atoms with E-state index in [1.54, 1.807) is 0 Å². The predicted molar refractivity (Wildman–Crippen MR) is 86.0 cm³/mol. The Balaban J connectivity index is 1.82. The Morgan fingerprint density at radius 1 is 1.10 bits per heavy atom. The molecule has 1 nitrogen and oxygen atoms in total. The fourth-order valence-corrected chi connectivity index (χ4v) is 3.51. The maximum Gasteiger partial charge on any atom is 0.0841 e. The van der Waals surface area contributed by atoms with Gasteiger partial charge in [0.25, 0.3) is 0 Å². The van der Waals surface area contributed by atoms with E-state index in [1.165, 1.54) is 41.5 Å². The molecule has 0 spiro atoms. The minimum Gasteiger partial charge on any atom is -0.388 e. The maximum absolute atomic E-state index is 10.5. The Bertz CT molecular complexity index is 633. The van der Waals surface area contributed by atoms with Crippen LogP contribution in [-0.4, -0.2) is 5.11 Å². The lowest BCUT2D eigenvalue weighted by Crippen LogP contribution is -2.03. The number of halogens is 1. The number of rotatable bonds is 3. The van der Waals surface area contributed by atoms with Crippen molar-refractivity contribution in [3.63, 3.8) is 0 Å². The monoisotopic (exact) mass is 330 g/mol. The molecule has 0 aromatic heterocycles. The summed E-state index contributed by atoms with van der Waals surface area (Å²) in [5.41, 5.74) is 6.34. The molecule has 0 saturated heterocycles. The summed E-state index contributed by atoms with van der Waals surface area (Å²) in [6, 6.07) is 12.8. The lowest BCUT2D eigenvalue weighted by atomic mass is 9.97. The quantitative estimate of drug-likeness (QED) is 0.877. The summed E-state index contributed by atoms with van der Waals surface area (Å²) in [6.45, 7) is 2.05. The van der Waals surface area contributed by atoms with Gasteiger partial charge in [-0.15, -0.1) is 0 Å². The van der Waals surface area contributed by atoms with Gasteiger partial charge in [0.05, 0.1) is 6.10 Å². The molecule has 1 N–H and O–H groups in total. The Morgan fingerprint density at radius 2 is 1.90 bits per heavy atom. The van der Waals surface area contributed by atoms with Gasteiger partial charge in [0.15, 0.2) is 0 Å². The molecular formula is C18H19BrO. The lowest BCUT2D eigenvalue weighted by Gasteiger charge is -2.14. The van der Waals surface area contributed by atoms with Crippen LogP contribution in [0.15, 0.2) is 40.9 Å². The SMILES string of the molecule is Cc1ccc(Br)c(C(O)Cc2ccc3c(c2)CCC3)c1. The van der Waals surface area contributed by atoms with E-state index >= 15 is 0 Å². The van der Waals surface area contributed by atoms with Gasteiger partial charge in [-0.2, -0.15) is 0 Å². The molecule has 1 atom stereocenters. The van der Waals surface area contributed by atoms with Gasteiger partial charge < -0.3 is 5.11 Å². The van der Waals surface area contributed by atoms with Crippen LogP contribution >= 0.6 is 15.9 Å². The maximum atomic E-state index is 10.5. The second-order valence-corrected chi connectivity index (χ2v) is 6.56. The Labute approximate surface area is 128 Å². The van der Waals surface area contributed by atoms with Crippen LogP contribution in [0, 0.1) is 6.92 Å². The van der Waals surface area contributed by atoms with Gasteiger partial charge >= 0.3 is 0 Å². The molecule has 0 aliphatic heterocycles. The van der Waals surface area contributed by atoms with Crippen molar-refractivity contribution < 1.29 is 5.11 Å². The molecule has 2 aromatic carbocycles. The van der Waals surface area contributed by atoms with E-state index in [2.05, 4.69) is 53.2 Å². The van der Waals surface area contributed by atoms with Crippen LogP contribution in [0.1, 0.15) is 40.3 Å². The summed E-state index contributed by atoms with van der Waals surface area (Å²) in [5, 5.41) is 10.5. The molecule has 0 radical (unpaired) electrons. The average molecular weight is 331 g/mol. The molecule has 104 valence electrons. The third kappa shape index (κ3) is 2.82. The highest BCUT2D eigenvalue weighted by Crippen LogP contribution is 2.29. The number of aliphatic hydroxyl groups is 1. The van der Waals surface area contributed by atoms with Gasteiger partial charge in [-0.05, 0) is 54.5 Å². The van der Waals surface area contributed by atoms with Crippen LogP contribution in [0.5, 0.6) is 0 Å². The zero-order valence-electron chi connectivity index (χ0n) is 11.7. The van der Waals surface area contributed by atoms with Crippen molar-refractivity contribution in [2.24, 2.45) is 0 Å². The first-order valence-corrected chi connectivity index (χ1v) is 7.97. The summed E-state index contributed by atoms with van der Waals surface area (Å²) >= 11 is 3.53. The van der Waals surface area contributed by atoms with Gasteiger partial charge in [0.2, 0.25) is 0 Å². The van der Waals surface area contributed by atoms with Crippen molar-refractivity contribution in [1.29, 1.82) is 0 Å². The molecule has 0 fully saturated rings. The average Bonchev–Trinajstić information content (AvgIpc) is 2.89. The molecule has 1 unspecified atom stereocenters.